The highest BCUT2D eigenvalue weighted by molar-refractivity contribution is 7.80. The molecule has 0 atom stereocenters. The van der Waals surface area contributed by atoms with Crippen molar-refractivity contribution in [3.8, 4) is 5.75 Å². The van der Waals surface area contributed by atoms with E-state index in [1.54, 1.807) is 18.2 Å². The SMILES string of the molecule is CCCCCCCCCCCCCCCc1cccc(OOS(=O)(=O)O)c1. The average Bonchev–Trinajstić information content (AvgIpc) is 2.64. The molecular weight excluding hydrogens is 364 g/mol. The third-order valence-corrected chi connectivity index (χ3v) is 4.92. The number of hydrogen-bond acceptors (Lipinski definition) is 4. The lowest BCUT2D eigenvalue weighted by Gasteiger charge is -2.05. The number of unbranched alkanes of at least 4 members (excludes halogenated alkanes) is 12. The van der Waals surface area contributed by atoms with Gasteiger partial charge in [0.25, 0.3) is 0 Å². The third-order valence-electron chi connectivity index (χ3n) is 4.68. The Kier molecular flexibility index (Phi) is 13.2. The van der Waals surface area contributed by atoms with E-state index < -0.39 is 10.4 Å². The standard InChI is InChI=1S/C21H36O5S/c1-2-3-4-5-6-7-8-9-10-11-12-13-14-16-20-17-15-18-21(19-20)25-26-27(22,23)24/h15,17-19H,2-14,16H2,1H3,(H,22,23,24). The molecule has 0 spiro atoms. The van der Waals surface area contributed by atoms with Crippen LogP contribution in [0, 0.1) is 0 Å². The third kappa shape index (κ3) is 14.6. The van der Waals surface area contributed by atoms with Crippen LogP contribution in [0.25, 0.3) is 0 Å². The van der Waals surface area contributed by atoms with Crippen molar-refractivity contribution in [3.05, 3.63) is 29.8 Å². The molecule has 0 saturated carbocycles. The van der Waals surface area contributed by atoms with Crippen molar-refractivity contribution in [3.63, 3.8) is 0 Å². The first-order chi connectivity index (χ1) is 13.0. The van der Waals surface area contributed by atoms with Crippen LogP contribution >= 0.6 is 0 Å². The smallest absolute Gasteiger partial charge is 0.319 e. The van der Waals surface area contributed by atoms with Crippen molar-refractivity contribution in [1.82, 2.24) is 0 Å². The molecule has 0 fully saturated rings. The summed E-state index contributed by atoms with van der Waals surface area (Å²) in [6.45, 7) is 2.26. The van der Waals surface area contributed by atoms with Crippen LogP contribution in [0.5, 0.6) is 5.75 Å². The minimum absolute atomic E-state index is 0.264. The first-order valence-electron chi connectivity index (χ1n) is 10.4. The summed E-state index contributed by atoms with van der Waals surface area (Å²) >= 11 is 0. The Bertz CT molecular complexity index is 586. The number of rotatable bonds is 17. The average molecular weight is 401 g/mol. The Labute approximate surface area is 165 Å². The predicted molar refractivity (Wildman–Crippen MR) is 109 cm³/mol. The van der Waals surface area contributed by atoms with Crippen LogP contribution < -0.4 is 4.89 Å². The Morgan fingerprint density at radius 3 is 1.85 bits per heavy atom. The molecule has 1 rings (SSSR count). The van der Waals surface area contributed by atoms with E-state index in [1.807, 2.05) is 6.07 Å². The summed E-state index contributed by atoms with van der Waals surface area (Å²) in [6, 6.07) is 7.06. The van der Waals surface area contributed by atoms with E-state index in [0.717, 1.165) is 18.4 Å². The quantitative estimate of drug-likeness (QED) is 0.141. The lowest BCUT2D eigenvalue weighted by molar-refractivity contribution is -0.102. The van der Waals surface area contributed by atoms with Gasteiger partial charge in [0.2, 0.25) is 0 Å². The molecule has 5 nitrogen and oxygen atoms in total. The van der Waals surface area contributed by atoms with Gasteiger partial charge in [-0.15, -0.1) is 0 Å². The summed E-state index contributed by atoms with van der Waals surface area (Å²) in [5.74, 6) is 0.264. The van der Waals surface area contributed by atoms with E-state index in [-0.39, 0.29) is 5.75 Å². The maximum absolute atomic E-state index is 10.5. The zero-order valence-electron chi connectivity index (χ0n) is 16.7. The molecule has 156 valence electrons. The summed E-state index contributed by atoms with van der Waals surface area (Å²) in [5, 5.41) is 0. The highest BCUT2D eigenvalue weighted by Crippen LogP contribution is 2.17. The predicted octanol–water partition coefficient (Wildman–Crippen LogP) is 6.43. The van der Waals surface area contributed by atoms with Gasteiger partial charge in [-0.25, -0.2) is 0 Å². The Morgan fingerprint density at radius 2 is 1.33 bits per heavy atom. The van der Waals surface area contributed by atoms with Crippen LogP contribution in [0.15, 0.2) is 24.3 Å². The van der Waals surface area contributed by atoms with E-state index in [1.165, 1.54) is 77.0 Å². The maximum Gasteiger partial charge on any atom is 0.432 e. The second-order valence-corrected chi connectivity index (χ2v) is 8.21. The van der Waals surface area contributed by atoms with Gasteiger partial charge in [-0.3, -0.25) is 4.55 Å². The maximum atomic E-state index is 10.5. The molecule has 0 radical (unpaired) electrons. The summed E-state index contributed by atoms with van der Waals surface area (Å²) in [4.78, 5) is 4.59. The zero-order chi connectivity index (χ0) is 19.8. The van der Waals surface area contributed by atoms with Crippen molar-refractivity contribution in [2.45, 2.75) is 96.8 Å². The molecular formula is C21H36O5S. The van der Waals surface area contributed by atoms with Gasteiger partial charge in [-0.2, -0.15) is 8.42 Å². The van der Waals surface area contributed by atoms with Crippen molar-refractivity contribution >= 4 is 10.4 Å². The first kappa shape index (κ1) is 23.9. The van der Waals surface area contributed by atoms with E-state index in [9.17, 15) is 8.42 Å². The van der Waals surface area contributed by atoms with Gasteiger partial charge in [-0.05, 0) is 34.9 Å². The summed E-state index contributed by atoms with van der Waals surface area (Å²) in [7, 11) is -4.60. The normalized spacial score (nSPS) is 11.6. The van der Waals surface area contributed by atoms with Crippen LogP contribution in [-0.2, 0) is 21.2 Å². The van der Waals surface area contributed by atoms with Crippen LogP contribution in [0.4, 0.5) is 0 Å². The van der Waals surface area contributed by atoms with Crippen molar-refractivity contribution < 1.29 is 22.2 Å². The molecule has 0 aliphatic rings. The summed E-state index contributed by atoms with van der Waals surface area (Å²) in [5.41, 5.74) is 1.06. The lowest BCUT2D eigenvalue weighted by Crippen LogP contribution is -2.07. The van der Waals surface area contributed by atoms with Gasteiger partial charge in [-0.1, -0.05) is 96.1 Å². The zero-order valence-corrected chi connectivity index (χ0v) is 17.5. The molecule has 1 aromatic rings. The van der Waals surface area contributed by atoms with E-state index >= 15 is 0 Å². The van der Waals surface area contributed by atoms with Gasteiger partial charge in [0.05, 0.1) is 0 Å². The highest BCUT2D eigenvalue weighted by Gasteiger charge is 2.07. The molecule has 0 aromatic heterocycles. The molecule has 1 N–H and O–H groups in total. The Balaban J connectivity index is 1.99. The Hall–Kier alpha value is -1.11. The van der Waals surface area contributed by atoms with Gasteiger partial charge in [0, 0.05) is 0 Å². The lowest BCUT2D eigenvalue weighted by atomic mass is 10.0. The van der Waals surface area contributed by atoms with Gasteiger partial charge < -0.3 is 4.89 Å². The molecule has 0 saturated heterocycles. The van der Waals surface area contributed by atoms with E-state index in [4.69, 9.17) is 4.55 Å². The van der Waals surface area contributed by atoms with Crippen molar-refractivity contribution in [2.75, 3.05) is 0 Å². The topological polar surface area (TPSA) is 72.8 Å². The van der Waals surface area contributed by atoms with Crippen LogP contribution in [0.2, 0.25) is 0 Å². The molecule has 0 aliphatic heterocycles. The summed E-state index contributed by atoms with van der Waals surface area (Å²) < 4.78 is 33.4. The fraction of sp³-hybridized carbons (Fsp3) is 0.714. The van der Waals surface area contributed by atoms with Crippen molar-refractivity contribution in [1.29, 1.82) is 0 Å². The number of hydrogen-bond donors (Lipinski definition) is 1. The molecule has 0 amide bonds. The number of aryl methyl sites for hydroxylation is 1. The number of benzene rings is 1. The fourth-order valence-electron chi connectivity index (χ4n) is 3.18. The van der Waals surface area contributed by atoms with Crippen molar-refractivity contribution in [2.24, 2.45) is 0 Å². The van der Waals surface area contributed by atoms with Gasteiger partial charge in [0.1, 0.15) is 0 Å². The molecule has 1 aromatic carbocycles. The monoisotopic (exact) mass is 400 g/mol. The molecule has 27 heavy (non-hydrogen) atoms. The fourth-order valence-corrected chi connectivity index (χ4v) is 3.35. The molecule has 0 aliphatic carbocycles. The summed E-state index contributed by atoms with van der Waals surface area (Å²) in [6.07, 6.45) is 18.2. The van der Waals surface area contributed by atoms with Gasteiger partial charge >= 0.3 is 10.4 Å². The van der Waals surface area contributed by atoms with E-state index in [0.29, 0.717) is 0 Å². The molecule has 0 bridgehead atoms. The first-order valence-corrected chi connectivity index (χ1v) is 11.8. The van der Waals surface area contributed by atoms with Crippen LogP contribution in [0.1, 0.15) is 96.0 Å². The highest BCUT2D eigenvalue weighted by atomic mass is 32.3. The molecule has 0 unspecified atom stereocenters. The minimum atomic E-state index is -4.60. The minimum Gasteiger partial charge on any atom is -0.319 e. The second-order valence-electron chi connectivity index (χ2n) is 7.22. The second kappa shape index (κ2) is 14.9. The van der Waals surface area contributed by atoms with Crippen LogP contribution in [-0.4, -0.2) is 13.0 Å². The largest absolute Gasteiger partial charge is 0.432 e. The molecule has 0 heterocycles. The molecule has 6 heteroatoms. The van der Waals surface area contributed by atoms with Gasteiger partial charge in [0.15, 0.2) is 5.75 Å². The van der Waals surface area contributed by atoms with E-state index in [2.05, 4.69) is 16.1 Å². The Morgan fingerprint density at radius 1 is 0.815 bits per heavy atom. The van der Waals surface area contributed by atoms with Crippen LogP contribution in [0.3, 0.4) is 0 Å².